The van der Waals surface area contributed by atoms with Gasteiger partial charge in [0, 0.05) is 29.7 Å². The first-order valence-corrected chi connectivity index (χ1v) is 7.24. The van der Waals surface area contributed by atoms with Gasteiger partial charge in [0.25, 0.3) is 5.69 Å². The molecule has 5 nitrogen and oxygen atoms in total. The van der Waals surface area contributed by atoms with E-state index in [1.165, 1.54) is 0 Å². The van der Waals surface area contributed by atoms with E-state index in [1.807, 2.05) is 6.07 Å². The topological polar surface area (TPSA) is 66.6 Å². The van der Waals surface area contributed by atoms with Gasteiger partial charge in [-0.1, -0.05) is 15.9 Å². The van der Waals surface area contributed by atoms with Gasteiger partial charge in [-0.25, -0.2) is 0 Å². The van der Waals surface area contributed by atoms with Gasteiger partial charge < -0.3 is 10.0 Å². The van der Waals surface area contributed by atoms with E-state index in [9.17, 15) is 10.1 Å². The monoisotopic (exact) mass is 328 g/mol. The second kappa shape index (κ2) is 6.34. The molecule has 6 heteroatoms. The Hall–Kier alpha value is -1.14. The fraction of sp³-hybridized carbons (Fsp3) is 0.538. The summed E-state index contributed by atoms with van der Waals surface area (Å²) in [6.07, 6.45) is 3.79. The van der Waals surface area contributed by atoms with Crippen LogP contribution in [0, 0.1) is 10.1 Å². The Labute approximate surface area is 120 Å². The number of nitro benzene ring substituents is 1. The van der Waals surface area contributed by atoms with Crippen molar-refractivity contribution >= 4 is 27.3 Å². The molecule has 0 saturated carbocycles. The van der Waals surface area contributed by atoms with Gasteiger partial charge in [0.1, 0.15) is 5.69 Å². The van der Waals surface area contributed by atoms with Crippen molar-refractivity contribution < 1.29 is 10.0 Å². The predicted molar refractivity (Wildman–Crippen MR) is 77.5 cm³/mol. The van der Waals surface area contributed by atoms with E-state index in [-0.39, 0.29) is 23.3 Å². The Morgan fingerprint density at radius 1 is 1.47 bits per heavy atom. The van der Waals surface area contributed by atoms with E-state index in [0.29, 0.717) is 16.6 Å². The summed E-state index contributed by atoms with van der Waals surface area (Å²) < 4.78 is 0.707. The van der Waals surface area contributed by atoms with E-state index >= 15 is 0 Å². The Morgan fingerprint density at radius 2 is 2.26 bits per heavy atom. The van der Waals surface area contributed by atoms with Crippen molar-refractivity contribution in [3.05, 3.63) is 32.8 Å². The molecule has 0 spiro atoms. The minimum atomic E-state index is -0.343. The summed E-state index contributed by atoms with van der Waals surface area (Å²) >= 11 is 3.27. The van der Waals surface area contributed by atoms with Crippen molar-refractivity contribution in [2.24, 2.45) is 0 Å². The molecular weight excluding hydrogens is 312 g/mol. The fourth-order valence-electron chi connectivity index (χ4n) is 2.65. The Morgan fingerprint density at radius 3 is 2.95 bits per heavy atom. The van der Waals surface area contributed by atoms with E-state index in [1.54, 1.807) is 12.1 Å². The van der Waals surface area contributed by atoms with Crippen LogP contribution in [-0.4, -0.2) is 29.2 Å². The van der Waals surface area contributed by atoms with Gasteiger partial charge in [-0.15, -0.1) is 0 Å². The molecule has 1 aliphatic heterocycles. The second-order valence-electron chi connectivity index (χ2n) is 4.75. The van der Waals surface area contributed by atoms with Crippen LogP contribution in [0.3, 0.4) is 0 Å². The van der Waals surface area contributed by atoms with Crippen LogP contribution in [0.5, 0.6) is 0 Å². The molecule has 1 atom stereocenters. The molecule has 1 aromatic carbocycles. The van der Waals surface area contributed by atoms with Gasteiger partial charge in [0.15, 0.2) is 0 Å². The number of rotatable bonds is 4. The van der Waals surface area contributed by atoms with Crippen LogP contribution < -0.4 is 4.90 Å². The number of nitro groups is 1. The summed E-state index contributed by atoms with van der Waals surface area (Å²) in [5.74, 6) is 0. The van der Waals surface area contributed by atoms with Crippen molar-refractivity contribution in [1.29, 1.82) is 0 Å². The van der Waals surface area contributed by atoms with Gasteiger partial charge in [-0.05, 0) is 37.8 Å². The molecular formula is C13H17BrN2O3. The third kappa shape index (κ3) is 3.25. The van der Waals surface area contributed by atoms with E-state index < -0.39 is 0 Å². The van der Waals surface area contributed by atoms with Crippen molar-refractivity contribution in [2.75, 3.05) is 18.1 Å². The fourth-order valence-corrected chi connectivity index (χ4v) is 3.00. The highest BCUT2D eigenvalue weighted by Crippen LogP contribution is 2.35. The molecule has 1 saturated heterocycles. The molecule has 0 bridgehead atoms. The van der Waals surface area contributed by atoms with E-state index in [4.69, 9.17) is 5.11 Å². The highest BCUT2D eigenvalue weighted by atomic mass is 79.9. The Bertz CT molecular complexity index is 465. The van der Waals surface area contributed by atoms with Crippen molar-refractivity contribution in [3.8, 4) is 0 Å². The first kappa shape index (κ1) is 14.3. The molecule has 0 amide bonds. The average molecular weight is 329 g/mol. The molecule has 2 rings (SSSR count). The van der Waals surface area contributed by atoms with Crippen LogP contribution in [-0.2, 0) is 0 Å². The van der Waals surface area contributed by atoms with Gasteiger partial charge in [-0.2, -0.15) is 0 Å². The zero-order valence-electron chi connectivity index (χ0n) is 10.6. The minimum Gasteiger partial charge on any atom is -0.396 e. The van der Waals surface area contributed by atoms with Crippen LogP contribution in [0.4, 0.5) is 11.4 Å². The summed E-state index contributed by atoms with van der Waals surface area (Å²) in [6, 6.07) is 5.35. The van der Waals surface area contributed by atoms with Gasteiger partial charge in [0.05, 0.1) is 4.92 Å². The van der Waals surface area contributed by atoms with Crippen LogP contribution in [0.2, 0.25) is 0 Å². The number of hydrogen-bond donors (Lipinski definition) is 1. The normalized spacial score (nSPS) is 19.5. The minimum absolute atomic E-state index is 0.117. The van der Waals surface area contributed by atoms with Gasteiger partial charge in [-0.3, -0.25) is 10.1 Å². The molecule has 0 aromatic heterocycles. The first-order valence-electron chi connectivity index (χ1n) is 6.45. The van der Waals surface area contributed by atoms with E-state index in [0.717, 1.165) is 25.8 Å². The maximum atomic E-state index is 11.2. The lowest BCUT2D eigenvalue weighted by Gasteiger charge is -2.37. The zero-order chi connectivity index (χ0) is 13.8. The number of piperidine rings is 1. The lowest BCUT2D eigenvalue weighted by atomic mass is 9.98. The SMILES string of the molecule is O=[N+]([O-])c1cc(Br)ccc1N1CCCC[C@H]1CCO. The number of benzene rings is 1. The summed E-state index contributed by atoms with van der Waals surface area (Å²) in [5.41, 5.74) is 0.783. The Kier molecular flexibility index (Phi) is 4.76. The van der Waals surface area contributed by atoms with Crippen molar-refractivity contribution in [1.82, 2.24) is 0 Å². The summed E-state index contributed by atoms with van der Waals surface area (Å²) in [4.78, 5) is 12.9. The second-order valence-corrected chi connectivity index (χ2v) is 5.66. The smallest absolute Gasteiger partial charge is 0.293 e. The molecule has 104 valence electrons. The molecule has 0 aliphatic carbocycles. The Balaban J connectivity index is 2.35. The van der Waals surface area contributed by atoms with Crippen molar-refractivity contribution in [3.63, 3.8) is 0 Å². The summed E-state index contributed by atoms with van der Waals surface area (Å²) in [5, 5.41) is 20.3. The lowest BCUT2D eigenvalue weighted by Crippen LogP contribution is -2.40. The maximum Gasteiger partial charge on any atom is 0.293 e. The number of nitrogens with zero attached hydrogens (tertiary/aromatic N) is 2. The van der Waals surface area contributed by atoms with Crippen LogP contribution in [0.1, 0.15) is 25.7 Å². The molecule has 0 unspecified atom stereocenters. The third-order valence-electron chi connectivity index (χ3n) is 3.53. The maximum absolute atomic E-state index is 11.2. The molecule has 1 aliphatic rings. The molecule has 1 fully saturated rings. The largest absolute Gasteiger partial charge is 0.396 e. The van der Waals surface area contributed by atoms with Crippen LogP contribution >= 0.6 is 15.9 Å². The van der Waals surface area contributed by atoms with Gasteiger partial charge in [0.2, 0.25) is 0 Å². The van der Waals surface area contributed by atoms with Gasteiger partial charge >= 0.3 is 0 Å². The summed E-state index contributed by atoms with van der Waals surface area (Å²) in [6.45, 7) is 0.929. The predicted octanol–water partition coefficient (Wildman–Crippen LogP) is 3.10. The third-order valence-corrected chi connectivity index (χ3v) is 4.03. The highest BCUT2D eigenvalue weighted by molar-refractivity contribution is 9.10. The molecule has 1 aromatic rings. The lowest BCUT2D eigenvalue weighted by molar-refractivity contribution is -0.384. The molecule has 0 radical (unpaired) electrons. The van der Waals surface area contributed by atoms with Crippen LogP contribution in [0.25, 0.3) is 0 Å². The molecule has 1 N–H and O–H groups in total. The highest BCUT2D eigenvalue weighted by Gasteiger charge is 2.27. The number of aliphatic hydroxyl groups is 1. The first-order chi connectivity index (χ1) is 9.13. The number of anilines is 1. The zero-order valence-corrected chi connectivity index (χ0v) is 12.2. The average Bonchev–Trinajstić information content (AvgIpc) is 2.40. The van der Waals surface area contributed by atoms with Crippen molar-refractivity contribution in [2.45, 2.75) is 31.7 Å². The number of halogens is 1. The van der Waals surface area contributed by atoms with Crippen LogP contribution in [0.15, 0.2) is 22.7 Å². The number of hydrogen-bond acceptors (Lipinski definition) is 4. The molecule has 1 heterocycles. The molecule has 19 heavy (non-hydrogen) atoms. The van der Waals surface area contributed by atoms with E-state index in [2.05, 4.69) is 20.8 Å². The standard InChI is InChI=1S/C13H17BrN2O3/c14-10-4-5-12(13(9-10)16(18)19)15-7-2-1-3-11(15)6-8-17/h4-5,9,11,17H,1-3,6-8H2/t11-/m0/s1. The number of aliphatic hydroxyl groups excluding tert-OH is 1. The quantitative estimate of drug-likeness (QED) is 0.681. The summed E-state index contributed by atoms with van der Waals surface area (Å²) in [7, 11) is 0.